The standard InChI is InChI=1S/C21H30O6Si/c1-13-11-15-12-16(26-20(23)27-21(3,4)5)14(2)18(17(15)19(22)25-13)24-9-10-28(6,7)8/h11-12H,9-10H2,1-8H3. The van der Waals surface area contributed by atoms with Gasteiger partial charge in [0.05, 0.1) is 6.61 Å². The number of rotatable bonds is 5. The summed E-state index contributed by atoms with van der Waals surface area (Å²) in [4.78, 5) is 24.6. The maximum atomic E-state index is 12.5. The third-order valence-corrected chi connectivity index (χ3v) is 5.71. The van der Waals surface area contributed by atoms with Crippen molar-refractivity contribution in [2.24, 2.45) is 0 Å². The van der Waals surface area contributed by atoms with E-state index in [0.717, 1.165) is 6.04 Å². The molecule has 0 radical (unpaired) electrons. The minimum atomic E-state index is -1.32. The van der Waals surface area contributed by atoms with Crippen LogP contribution in [0.25, 0.3) is 10.8 Å². The van der Waals surface area contributed by atoms with Crippen molar-refractivity contribution in [1.29, 1.82) is 0 Å². The smallest absolute Gasteiger partial charge is 0.493 e. The molecule has 2 rings (SSSR count). The summed E-state index contributed by atoms with van der Waals surface area (Å²) in [7, 11) is -1.32. The van der Waals surface area contributed by atoms with Gasteiger partial charge in [-0.25, -0.2) is 9.59 Å². The van der Waals surface area contributed by atoms with Crippen molar-refractivity contribution in [1.82, 2.24) is 0 Å². The van der Waals surface area contributed by atoms with Gasteiger partial charge in [0, 0.05) is 13.6 Å². The fourth-order valence-electron chi connectivity index (χ4n) is 2.63. The number of carbonyl (C=O) groups is 1. The van der Waals surface area contributed by atoms with Crippen molar-refractivity contribution in [3.63, 3.8) is 0 Å². The average molecular weight is 407 g/mol. The van der Waals surface area contributed by atoms with E-state index in [-0.39, 0.29) is 0 Å². The van der Waals surface area contributed by atoms with E-state index in [0.29, 0.717) is 40.2 Å². The fourth-order valence-corrected chi connectivity index (χ4v) is 3.34. The number of hydrogen-bond acceptors (Lipinski definition) is 6. The molecular formula is C21H30O6Si. The molecule has 1 aromatic carbocycles. The van der Waals surface area contributed by atoms with Crippen LogP contribution in [0.4, 0.5) is 4.79 Å². The maximum absolute atomic E-state index is 12.5. The summed E-state index contributed by atoms with van der Waals surface area (Å²) >= 11 is 0. The molecule has 28 heavy (non-hydrogen) atoms. The van der Waals surface area contributed by atoms with Gasteiger partial charge in [-0.05, 0) is 58.2 Å². The van der Waals surface area contributed by atoms with Crippen molar-refractivity contribution in [2.45, 2.75) is 65.9 Å². The van der Waals surface area contributed by atoms with Gasteiger partial charge < -0.3 is 18.6 Å². The molecule has 1 aromatic heterocycles. The van der Waals surface area contributed by atoms with Crippen molar-refractivity contribution in [2.75, 3.05) is 6.61 Å². The topological polar surface area (TPSA) is 75.0 Å². The molecule has 2 aromatic rings. The first-order valence-electron chi connectivity index (χ1n) is 9.38. The SMILES string of the molecule is Cc1cc2cc(OC(=O)OC(C)(C)C)c(C)c(OCC[Si](C)(C)C)c2c(=O)o1. The lowest BCUT2D eigenvalue weighted by atomic mass is 10.1. The lowest BCUT2D eigenvalue weighted by Gasteiger charge is -2.21. The Morgan fingerprint density at radius 1 is 1.14 bits per heavy atom. The summed E-state index contributed by atoms with van der Waals surface area (Å²) in [5.74, 6) is 1.16. The lowest BCUT2D eigenvalue weighted by molar-refractivity contribution is 0.0205. The highest BCUT2D eigenvalue weighted by Crippen LogP contribution is 2.36. The van der Waals surface area contributed by atoms with E-state index in [1.807, 2.05) is 0 Å². The molecular weight excluding hydrogens is 376 g/mol. The van der Waals surface area contributed by atoms with Crippen LogP contribution >= 0.6 is 0 Å². The van der Waals surface area contributed by atoms with E-state index in [2.05, 4.69) is 19.6 Å². The van der Waals surface area contributed by atoms with Crippen LogP contribution in [-0.2, 0) is 4.74 Å². The van der Waals surface area contributed by atoms with Crippen LogP contribution in [0.5, 0.6) is 11.5 Å². The molecule has 1 heterocycles. The summed E-state index contributed by atoms with van der Waals surface area (Å²) < 4.78 is 22.0. The monoisotopic (exact) mass is 406 g/mol. The van der Waals surface area contributed by atoms with Gasteiger partial charge in [-0.2, -0.15) is 0 Å². The van der Waals surface area contributed by atoms with Gasteiger partial charge in [0.15, 0.2) is 0 Å². The number of aryl methyl sites for hydroxylation is 1. The summed E-state index contributed by atoms with van der Waals surface area (Å²) in [6, 6.07) is 4.30. The van der Waals surface area contributed by atoms with E-state index >= 15 is 0 Å². The number of benzene rings is 1. The highest BCUT2D eigenvalue weighted by Gasteiger charge is 2.23. The zero-order valence-electron chi connectivity index (χ0n) is 18.0. The quantitative estimate of drug-likeness (QED) is 0.374. The Labute approximate surface area is 166 Å². The van der Waals surface area contributed by atoms with E-state index < -0.39 is 25.5 Å². The zero-order valence-corrected chi connectivity index (χ0v) is 19.0. The molecule has 0 aliphatic carbocycles. The summed E-state index contributed by atoms with van der Waals surface area (Å²) in [5, 5.41) is 0.955. The summed E-state index contributed by atoms with van der Waals surface area (Å²) in [6.07, 6.45) is -0.803. The molecule has 0 spiro atoms. The fraction of sp³-hybridized carbons (Fsp3) is 0.524. The molecule has 0 aliphatic rings. The molecule has 0 fully saturated rings. The predicted molar refractivity (Wildman–Crippen MR) is 112 cm³/mol. The second-order valence-electron chi connectivity index (χ2n) is 9.16. The third kappa shape index (κ3) is 5.86. The number of ether oxygens (including phenoxy) is 3. The minimum absolute atomic E-state index is 0.301. The van der Waals surface area contributed by atoms with Crippen molar-refractivity contribution in [3.05, 3.63) is 33.9 Å². The molecule has 6 nitrogen and oxygen atoms in total. The zero-order chi connectivity index (χ0) is 21.3. The molecule has 154 valence electrons. The van der Waals surface area contributed by atoms with Crippen LogP contribution in [0.15, 0.2) is 21.3 Å². The van der Waals surface area contributed by atoms with Gasteiger partial charge in [0.2, 0.25) is 0 Å². The number of hydrogen-bond donors (Lipinski definition) is 0. The molecule has 0 aliphatic heterocycles. The van der Waals surface area contributed by atoms with Gasteiger partial charge in [-0.3, -0.25) is 0 Å². The van der Waals surface area contributed by atoms with Crippen LogP contribution in [0.3, 0.4) is 0 Å². The van der Waals surface area contributed by atoms with Crippen LogP contribution in [-0.4, -0.2) is 26.4 Å². The van der Waals surface area contributed by atoms with Crippen LogP contribution in [0, 0.1) is 13.8 Å². The predicted octanol–water partition coefficient (Wildman–Crippen LogP) is 5.44. The maximum Gasteiger partial charge on any atom is 0.514 e. The van der Waals surface area contributed by atoms with E-state index in [1.165, 1.54) is 0 Å². The Balaban J connectivity index is 2.49. The first-order chi connectivity index (χ1) is 12.8. The highest BCUT2D eigenvalue weighted by molar-refractivity contribution is 6.76. The Kier molecular flexibility index (Phi) is 6.28. The molecule has 7 heteroatoms. The van der Waals surface area contributed by atoms with Gasteiger partial charge in [-0.1, -0.05) is 19.6 Å². The molecule has 0 N–H and O–H groups in total. The Bertz CT molecular complexity index is 931. The van der Waals surface area contributed by atoms with E-state index in [1.54, 1.807) is 46.8 Å². The molecule has 0 saturated heterocycles. The van der Waals surface area contributed by atoms with Crippen LogP contribution in [0.1, 0.15) is 32.1 Å². The number of fused-ring (bicyclic) bond motifs is 1. The Morgan fingerprint density at radius 3 is 2.36 bits per heavy atom. The number of carbonyl (C=O) groups excluding carboxylic acids is 1. The molecule has 0 atom stereocenters. The van der Waals surface area contributed by atoms with Crippen molar-refractivity contribution < 1.29 is 23.4 Å². The second-order valence-corrected chi connectivity index (χ2v) is 14.8. The van der Waals surface area contributed by atoms with Crippen molar-refractivity contribution in [3.8, 4) is 11.5 Å². The largest absolute Gasteiger partial charge is 0.514 e. The van der Waals surface area contributed by atoms with Gasteiger partial charge >= 0.3 is 11.8 Å². The van der Waals surface area contributed by atoms with Gasteiger partial charge in [0.1, 0.15) is 28.2 Å². The molecule has 0 amide bonds. The molecule has 0 saturated carbocycles. The molecule has 0 unspecified atom stereocenters. The Morgan fingerprint density at radius 2 is 1.79 bits per heavy atom. The van der Waals surface area contributed by atoms with Crippen LogP contribution in [0.2, 0.25) is 25.7 Å². The normalized spacial score (nSPS) is 12.1. The van der Waals surface area contributed by atoms with E-state index in [4.69, 9.17) is 18.6 Å². The molecule has 0 bridgehead atoms. The first kappa shape index (κ1) is 22.0. The van der Waals surface area contributed by atoms with E-state index in [9.17, 15) is 9.59 Å². The summed E-state index contributed by atoms with van der Waals surface area (Å²) in [5.41, 5.74) is -0.578. The Hall–Kier alpha value is -2.28. The second kappa shape index (κ2) is 7.99. The summed E-state index contributed by atoms with van der Waals surface area (Å²) in [6.45, 7) is 16.0. The third-order valence-electron chi connectivity index (χ3n) is 4.01. The van der Waals surface area contributed by atoms with Gasteiger partial charge in [-0.15, -0.1) is 0 Å². The lowest BCUT2D eigenvalue weighted by Crippen LogP contribution is -2.26. The minimum Gasteiger partial charge on any atom is -0.493 e. The van der Waals surface area contributed by atoms with Gasteiger partial charge in [0.25, 0.3) is 0 Å². The first-order valence-corrected chi connectivity index (χ1v) is 13.1. The van der Waals surface area contributed by atoms with Crippen molar-refractivity contribution >= 4 is 25.0 Å². The highest BCUT2D eigenvalue weighted by atomic mass is 28.3. The average Bonchev–Trinajstić information content (AvgIpc) is 2.47. The van der Waals surface area contributed by atoms with Crippen LogP contribution < -0.4 is 15.1 Å².